The molecule has 1 N–H and O–H groups in total. The lowest BCUT2D eigenvalue weighted by atomic mass is 9.77. The predicted octanol–water partition coefficient (Wildman–Crippen LogP) is 4.14. The van der Waals surface area contributed by atoms with E-state index in [1.165, 1.54) is 32.1 Å². The lowest BCUT2D eigenvalue weighted by Gasteiger charge is -2.44. The van der Waals surface area contributed by atoms with Crippen molar-refractivity contribution in [2.75, 3.05) is 6.54 Å². The van der Waals surface area contributed by atoms with E-state index in [4.69, 9.17) is 4.74 Å². The zero-order valence-corrected chi connectivity index (χ0v) is 13.3. The quantitative estimate of drug-likeness (QED) is 0.797. The van der Waals surface area contributed by atoms with Gasteiger partial charge in [-0.15, -0.1) is 0 Å². The minimum atomic E-state index is -0.0439. The lowest BCUT2D eigenvalue weighted by molar-refractivity contribution is -0.151. The van der Waals surface area contributed by atoms with Crippen molar-refractivity contribution in [1.29, 1.82) is 0 Å². The lowest BCUT2D eigenvalue weighted by Crippen LogP contribution is -2.51. The van der Waals surface area contributed by atoms with Gasteiger partial charge in [-0.25, -0.2) is 0 Å². The number of hydrogen-bond donors (Lipinski definition) is 1. The van der Waals surface area contributed by atoms with Gasteiger partial charge in [0.1, 0.15) is 0 Å². The van der Waals surface area contributed by atoms with Gasteiger partial charge < -0.3 is 10.1 Å². The Morgan fingerprint density at radius 1 is 1.22 bits per heavy atom. The highest BCUT2D eigenvalue weighted by Crippen LogP contribution is 2.38. The molecule has 0 bridgehead atoms. The zero-order chi connectivity index (χ0) is 13.8. The maximum Gasteiger partial charge on any atom is 0.0813 e. The maximum atomic E-state index is 6.45. The van der Waals surface area contributed by atoms with Crippen LogP contribution in [0, 0.1) is 5.92 Å². The summed E-state index contributed by atoms with van der Waals surface area (Å²) in [5.74, 6) is 0.917. The summed E-state index contributed by atoms with van der Waals surface area (Å²) in [4.78, 5) is 0. The minimum absolute atomic E-state index is 0.0439. The first-order valence-corrected chi connectivity index (χ1v) is 7.70. The predicted molar refractivity (Wildman–Crippen MR) is 79.0 cm³/mol. The van der Waals surface area contributed by atoms with Crippen LogP contribution in [0.15, 0.2) is 0 Å². The first kappa shape index (κ1) is 16.0. The van der Waals surface area contributed by atoms with Gasteiger partial charge in [0, 0.05) is 12.6 Å². The summed E-state index contributed by atoms with van der Waals surface area (Å²) < 4.78 is 6.45. The van der Waals surface area contributed by atoms with E-state index in [9.17, 15) is 0 Å². The molecule has 0 atom stereocenters. The highest BCUT2D eigenvalue weighted by Gasteiger charge is 2.38. The van der Waals surface area contributed by atoms with Crippen LogP contribution in [0.2, 0.25) is 0 Å². The molecule has 0 aromatic rings. The van der Waals surface area contributed by atoms with Gasteiger partial charge in [0.05, 0.1) is 11.2 Å². The van der Waals surface area contributed by atoms with Gasteiger partial charge in [-0.1, -0.05) is 27.2 Å². The third-order valence-electron chi connectivity index (χ3n) is 3.95. The highest BCUT2D eigenvalue weighted by atomic mass is 16.5. The van der Waals surface area contributed by atoms with Crippen molar-refractivity contribution in [3.05, 3.63) is 0 Å². The van der Waals surface area contributed by atoms with Crippen molar-refractivity contribution in [2.24, 2.45) is 5.92 Å². The Bertz CT molecular complexity index is 234. The number of hydrogen-bond acceptors (Lipinski definition) is 2. The van der Waals surface area contributed by atoms with Crippen LogP contribution in [0.1, 0.15) is 73.6 Å². The fourth-order valence-corrected chi connectivity index (χ4v) is 2.97. The molecule has 0 amide bonds. The van der Waals surface area contributed by atoms with Crippen LogP contribution in [0.25, 0.3) is 0 Å². The van der Waals surface area contributed by atoms with Crippen LogP contribution in [0.4, 0.5) is 0 Å². The molecule has 0 unspecified atom stereocenters. The fourth-order valence-electron chi connectivity index (χ4n) is 2.97. The summed E-state index contributed by atoms with van der Waals surface area (Å²) in [5.41, 5.74) is 0.0197. The summed E-state index contributed by atoms with van der Waals surface area (Å²) in [5, 5.41) is 3.59. The van der Waals surface area contributed by atoms with Crippen molar-refractivity contribution < 1.29 is 4.74 Å². The molecular weight excluding hydrogens is 222 g/mol. The Balaban J connectivity index is 2.64. The summed E-state index contributed by atoms with van der Waals surface area (Å²) in [6.45, 7) is 14.3. The molecule has 1 rings (SSSR count). The average Bonchev–Trinajstić information content (AvgIpc) is 2.25. The van der Waals surface area contributed by atoms with Crippen molar-refractivity contribution >= 4 is 0 Å². The molecule has 0 spiro atoms. The Morgan fingerprint density at radius 3 is 2.17 bits per heavy atom. The molecular formula is C16H33NO. The van der Waals surface area contributed by atoms with Crippen LogP contribution >= 0.6 is 0 Å². The fraction of sp³-hybridized carbons (Fsp3) is 1.00. The Morgan fingerprint density at radius 2 is 1.78 bits per heavy atom. The molecule has 0 aromatic heterocycles. The van der Waals surface area contributed by atoms with E-state index in [-0.39, 0.29) is 11.2 Å². The van der Waals surface area contributed by atoms with Crippen molar-refractivity contribution in [2.45, 2.75) is 90.9 Å². The van der Waals surface area contributed by atoms with Gasteiger partial charge in [-0.3, -0.25) is 0 Å². The largest absolute Gasteiger partial charge is 0.368 e. The van der Waals surface area contributed by atoms with Crippen molar-refractivity contribution in [3.8, 4) is 0 Å². The van der Waals surface area contributed by atoms with Crippen LogP contribution in [0.3, 0.4) is 0 Å². The molecule has 1 aliphatic rings. The molecule has 18 heavy (non-hydrogen) atoms. The van der Waals surface area contributed by atoms with Crippen molar-refractivity contribution in [1.82, 2.24) is 5.32 Å². The van der Waals surface area contributed by atoms with Crippen LogP contribution in [0.5, 0.6) is 0 Å². The van der Waals surface area contributed by atoms with Gasteiger partial charge >= 0.3 is 0 Å². The van der Waals surface area contributed by atoms with Crippen molar-refractivity contribution in [3.63, 3.8) is 0 Å². The van der Waals surface area contributed by atoms with Gasteiger partial charge in [0.2, 0.25) is 0 Å². The normalized spacial score (nSPS) is 29.8. The van der Waals surface area contributed by atoms with E-state index in [1.807, 2.05) is 0 Å². The first-order chi connectivity index (χ1) is 8.26. The van der Waals surface area contributed by atoms with E-state index >= 15 is 0 Å². The second-order valence-corrected chi connectivity index (χ2v) is 7.28. The topological polar surface area (TPSA) is 21.3 Å². The molecule has 0 saturated heterocycles. The molecule has 1 saturated carbocycles. The third-order valence-corrected chi connectivity index (χ3v) is 3.95. The third kappa shape index (κ3) is 5.27. The second kappa shape index (κ2) is 6.38. The van der Waals surface area contributed by atoms with Gasteiger partial charge in [-0.05, 0) is 52.4 Å². The Hall–Kier alpha value is -0.0800. The van der Waals surface area contributed by atoms with Crippen LogP contribution < -0.4 is 5.32 Å². The smallest absolute Gasteiger partial charge is 0.0813 e. The summed E-state index contributed by atoms with van der Waals surface area (Å²) in [6.07, 6.45) is 6.40. The van der Waals surface area contributed by atoms with E-state index in [1.54, 1.807) is 0 Å². The molecule has 2 heteroatoms. The summed E-state index contributed by atoms with van der Waals surface area (Å²) in [6, 6.07) is 0.536. The number of nitrogens with one attached hydrogen (secondary N) is 1. The molecule has 0 aromatic carbocycles. The monoisotopic (exact) mass is 255 g/mol. The summed E-state index contributed by atoms with van der Waals surface area (Å²) >= 11 is 0. The number of rotatable bonds is 5. The molecule has 1 fully saturated rings. The van der Waals surface area contributed by atoms with Gasteiger partial charge in [0.25, 0.3) is 0 Å². The first-order valence-electron chi connectivity index (χ1n) is 7.70. The molecule has 1 aliphatic carbocycles. The molecule has 0 heterocycles. The van der Waals surface area contributed by atoms with E-state index < -0.39 is 0 Å². The minimum Gasteiger partial charge on any atom is -0.368 e. The van der Waals surface area contributed by atoms with E-state index in [0.29, 0.717) is 6.04 Å². The molecule has 0 radical (unpaired) electrons. The van der Waals surface area contributed by atoms with Crippen LogP contribution in [-0.4, -0.2) is 23.8 Å². The van der Waals surface area contributed by atoms with Crippen LogP contribution in [-0.2, 0) is 4.74 Å². The summed E-state index contributed by atoms with van der Waals surface area (Å²) in [7, 11) is 0. The number of ether oxygens (including phenoxy) is 1. The SMILES string of the molecule is CCC1CCC(CNC(C)C)(OC(C)(C)C)CC1. The Labute approximate surface area is 114 Å². The second-order valence-electron chi connectivity index (χ2n) is 7.28. The average molecular weight is 255 g/mol. The van der Waals surface area contributed by atoms with Gasteiger partial charge in [0.15, 0.2) is 0 Å². The Kier molecular flexibility index (Phi) is 5.67. The molecule has 0 aliphatic heterocycles. The standard InChI is InChI=1S/C16H33NO/c1-7-14-8-10-16(11-9-14,12-17-13(2)3)18-15(4,5)6/h13-14,17H,7-12H2,1-6H3. The zero-order valence-electron chi connectivity index (χ0n) is 13.3. The maximum absolute atomic E-state index is 6.45. The van der Waals surface area contributed by atoms with E-state index in [2.05, 4.69) is 46.9 Å². The van der Waals surface area contributed by atoms with E-state index in [0.717, 1.165) is 12.5 Å². The van der Waals surface area contributed by atoms with Gasteiger partial charge in [-0.2, -0.15) is 0 Å². The molecule has 108 valence electrons. The molecule has 2 nitrogen and oxygen atoms in total. The highest BCUT2D eigenvalue weighted by molar-refractivity contribution is 4.91.